The summed E-state index contributed by atoms with van der Waals surface area (Å²) in [7, 11) is 0. The van der Waals surface area contributed by atoms with Crippen LogP contribution in [0.5, 0.6) is 0 Å². The molecule has 0 unspecified atom stereocenters. The number of carbonyl (C=O) groups excluding carboxylic acids is 3. The molecule has 450 valence electrons. The number of carbonyl (C=O) groups is 3. The molecule has 6 aliphatic rings. The summed E-state index contributed by atoms with van der Waals surface area (Å²) in [5.41, 5.74) is 3.78. The Morgan fingerprint density at radius 2 is 0.667 bits per heavy atom. The molecule has 6 atom stereocenters. The van der Waals surface area contributed by atoms with E-state index in [2.05, 4.69) is 46.2 Å². The first-order chi connectivity index (χ1) is 41.4. The molecule has 9 heterocycles. The van der Waals surface area contributed by atoms with Crippen LogP contribution >= 0.6 is 0 Å². The van der Waals surface area contributed by atoms with E-state index >= 15 is 0 Å². The van der Waals surface area contributed by atoms with E-state index < -0.39 is 89.2 Å². The smallest absolute Gasteiger partial charge is 0.282 e. The van der Waals surface area contributed by atoms with Gasteiger partial charge in [-0.1, -0.05) is 0 Å². The van der Waals surface area contributed by atoms with Crippen molar-refractivity contribution < 1.29 is 67.1 Å². The van der Waals surface area contributed by atoms with Gasteiger partial charge in [0.2, 0.25) is 17.7 Å². The summed E-state index contributed by atoms with van der Waals surface area (Å²) in [5.74, 6) is -13.1. The Morgan fingerprint density at radius 1 is 0.414 bits per heavy atom. The Hall–Kier alpha value is -9.51. The molecule has 6 aromatic heterocycles. The van der Waals surface area contributed by atoms with Gasteiger partial charge in [-0.15, -0.1) is 15.3 Å². The zero-order valence-electron chi connectivity index (χ0n) is 44.8. The lowest BCUT2D eigenvalue weighted by Crippen LogP contribution is -2.56. The number of anilines is 6. The molecule has 0 spiro atoms. The van der Waals surface area contributed by atoms with E-state index in [0.29, 0.717) is 67.2 Å². The molecule has 18 nitrogen and oxygen atoms in total. The number of hydrogen-bond acceptors (Lipinski definition) is 12. The highest BCUT2D eigenvalue weighted by atomic mass is 19.3. The van der Waals surface area contributed by atoms with Crippen LogP contribution in [0.4, 0.5) is 86.8 Å². The SMILES string of the molecule is O=C(Nc1ccc(F)c(-n2cc3cc(N4CC(F)(F)C4)cnc3n2)c1)[C@@H]1C[C@H]1F.O=C(Nc1ccc(F)c(-n2cc3cc(N4CC(F)(F)C4)cnc3n2)c1)[C@H]1C[C@@H]1F.O=C(Nc1ccc(F)c(-n2cc3cc(N4CC(F)(F)C4)cnc3n2)c1)[C@H]1C[C@@H]1F. The van der Waals surface area contributed by atoms with E-state index in [4.69, 9.17) is 0 Å². The van der Waals surface area contributed by atoms with Crippen LogP contribution in [-0.2, 0) is 14.4 Å². The maximum absolute atomic E-state index is 14.4. The lowest BCUT2D eigenvalue weighted by Gasteiger charge is -2.40. The second-order valence-corrected chi connectivity index (χ2v) is 22.2. The van der Waals surface area contributed by atoms with E-state index in [1.807, 2.05) is 0 Å². The topological polar surface area (TPSA) is 189 Å². The zero-order valence-corrected chi connectivity index (χ0v) is 44.8. The molecule has 0 bridgehead atoms. The van der Waals surface area contributed by atoms with Crippen LogP contribution in [0.15, 0.2) is 110 Å². The first-order valence-corrected chi connectivity index (χ1v) is 27.1. The van der Waals surface area contributed by atoms with E-state index in [-0.39, 0.29) is 75.6 Å². The highest BCUT2D eigenvalue weighted by Crippen LogP contribution is 2.39. The van der Waals surface area contributed by atoms with Crippen molar-refractivity contribution in [2.24, 2.45) is 17.8 Å². The van der Waals surface area contributed by atoms with Gasteiger partial charge < -0.3 is 30.7 Å². The molecule has 9 aromatic rings. The van der Waals surface area contributed by atoms with Crippen LogP contribution in [0, 0.1) is 35.2 Å². The van der Waals surface area contributed by atoms with Gasteiger partial charge in [0.05, 0.1) is 92.7 Å². The van der Waals surface area contributed by atoms with Gasteiger partial charge in [-0.25, -0.2) is 81.7 Å². The van der Waals surface area contributed by atoms with Crippen molar-refractivity contribution in [2.75, 3.05) is 69.9 Å². The summed E-state index contributed by atoms with van der Waals surface area (Å²) in [5, 5.41) is 22.1. The summed E-state index contributed by atoms with van der Waals surface area (Å²) in [4.78, 5) is 52.7. The molecule has 6 fully saturated rings. The Balaban J connectivity index is 0.000000121. The third kappa shape index (κ3) is 11.9. The maximum Gasteiger partial charge on any atom is 0.282 e. The summed E-state index contributed by atoms with van der Waals surface area (Å²) < 4.78 is 165. The Morgan fingerprint density at radius 3 is 0.897 bits per heavy atom. The lowest BCUT2D eigenvalue weighted by atomic mass is 10.1. The fraction of sp³-hybridized carbons (Fsp3) is 0.316. The number of nitrogens with one attached hydrogen (secondary N) is 3. The first kappa shape index (κ1) is 56.6. The Kier molecular flexibility index (Phi) is 13.8. The average molecular weight is 1220 g/mol. The van der Waals surface area contributed by atoms with Crippen molar-refractivity contribution >= 4 is 84.9 Å². The zero-order chi connectivity index (χ0) is 61.0. The van der Waals surface area contributed by atoms with Crippen molar-refractivity contribution in [1.82, 2.24) is 44.3 Å². The molecule has 3 saturated heterocycles. The molecule has 3 N–H and O–H groups in total. The second-order valence-electron chi connectivity index (χ2n) is 22.2. The fourth-order valence-corrected chi connectivity index (χ4v) is 9.99. The number of pyridine rings is 3. The summed E-state index contributed by atoms with van der Waals surface area (Å²) >= 11 is 0. The summed E-state index contributed by atoms with van der Waals surface area (Å²) in [6, 6.07) is 16.9. The standard InChI is InChI=1S/3C19H15F4N5O/c3*20-14-2-1-11(25-18(29)13-5-15(13)21)4-16(14)28-7-10-3-12(6-24-17(10)26-28)27-8-19(22,23)9-27/h3*1-4,6-7,13,15H,5,8-9H2,(H,25,29)/t3*13-,15-/m100/s1. The van der Waals surface area contributed by atoms with Gasteiger partial charge in [-0.3, -0.25) is 14.4 Å². The normalized spacial score (nSPS) is 22.4. The van der Waals surface area contributed by atoms with E-state index in [0.717, 1.165) is 0 Å². The van der Waals surface area contributed by atoms with Crippen molar-refractivity contribution in [3.63, 3.8) is 0 Å². The minimum Gasteiger partial charge on any atom is -0.358 e. The van der Waals surface area contributed by atoms with Crippen LogP contribution in [0.3, 0.4) is 0 Å². The van der Waals surface area contributed by atoms with Crippen molar-refractivity contribution in [3.8, 4) is 17.1 Å². The number of amides is 3. The van der Waals surface area contributed by atoms with Crippen LogP contribution in [0.25, 0.3) is 50.2 Å². The highest BCUT2D eigenvalue weighted by Gasteiger charge is 2.48. The highest BCUT2D eigenvalue weighted by molar-refractivity contribution is 5.96. The number of nitrogens with zero attached hydrogens (tertiary/aromatic N) is 12. The molecule has 30 heteroatoms. The molecule has 3 aromatic carbocycles. The number of benzene rings is 3. The van der Waals surface area contributed by atoms with Crippen molar-refractivity contribution in [3.05, 3.63) is 127 Å². The van der Waals surface area contributed by atoms with Crippen LogP contribution in [0.2, 0.25) is 0 Å². The number of halogens is 12. The quantitative estimate of drug-likeness (QED) is 0.0984. The number of hydrogen-bond donors (Lipinski definition) is 3. The third-order valence-electron chi connectivity index (χ3n) is 15.2. The molecule has 87 heavy (non-hydrogen) atoms. The number of fused-ring (bicyclic) bond motifs is 3. The number of aromatic nitrogens is 9. The molecule has 3 saturated carbocycles. The minimum absolute atomic E-state index is 0.0745. The van der Waals surface area contributed by atoms with Crippen LogP contribution in [0.1, 0.15) is 19.3 Å². The fourth-order valence-electron chi connectivity index (χ4n) is 9.99. The van der Waals surface area contributed by atoms with Crippen LogP contribution in [-0.4, -0.2) is 138 Å². The molecule has 0 radical (unpaired) electrons. The van der Waals surface area contributed by atoms with Crippen LogP contribution < -0.4 is 30.7 Å². The largest absolute Gasteiger partial charge is 0.358 e. The molecular weight excluding hydrogens is 1170 g/mol. The van der Waals surface area contributed by atoms with Gasteiger partial charge >= 0.3 is 0 Å². The average Bonchev–Trinajstić information content (AvgIpc) is 3.15. The second kappa shape index (κ2) is 21.2. The van der Waals surface area contributed by atoms with Gasteiger partial charge in [0.1, 0.15) is 53.0 Å². The van der Waals surface area contributed by atoms with Gasteiger partial charge in [0.25, 0.3) is 17.8 Å². The molecule has 3 aliphatic carbocycles. The monoisotopic (exact) mass is 1220 g/mol. The summed E-state index contributed by atoms with van der Waals surface area (Å²) in [6.07, 6.45) is 6.16. The van der Waals surface area contributed by atoms with Gasteiger partial charge in [0.15, 0.2) is 16.9 Å². The lowest BCUT2D eigenvalue weighted by molar-refractivity contribution is -0.118. The number of rotatable bonds is 12. The van der Waals surface area contributed by atoms with E-state index in [9.17, 15) is 67.1 Å². The van der Waals surface area contributed by atoms with Gasteiger partial charge in [-0.2, -0.15) is 0 Å². The molecular formula is C57H45F12N15O3. The maximum atomic E-state index is 14.4. The number of alkyl halides is 9. The molecule has 15 rings (SSSR count). The Labute approximate surface area is 482 Å². The van der Waals surface area contributed by atoms with E-state index in [1.165, 1.54) is 121 Å². The first-order valence-electron chi connectivity index (χ1n) is 27.1. The molecule has 3 amide bonds. The van der Waals surface area contributed by atoms with Gasteiger partial charge in [-0.05, 0) is 92.1 Å². The predicted octanol–water partition coefficient (Wildman–Crippen LogP) is 9.93. The van der Waals surface area contributed by atoms with Gasteiger partial charge in [0, 0.05) is 51.8 Å². The summed E-state index contributed by atoms with van der Waals surface area (Å²) in [6.45, 7) is -2.22. The van der Waals surface area contributed by atoms with Crippen molar-refractivity contribution in [1.29, 1.82) is 0 Å². The molecule has 3 aliphatic heterocycles. The van der Waals surface area contributed by atoms with Crippen molar-refractivity contribution in [2.45, 2.75) is 55.5 Å². The van der Waals surface area contributed by atoms with E-state index in [1.54, 1.807) is 18.2 Å². The minimum atomic E-state index is -2.70. The third-order valence-corrected chi connectivity index (χ3v) is 15.2. The Bertz CT molecular complexity index is 3790. The predicted molar refractivity (Wildman–Crippen MR) is 293 cm³/mol.